The highest BCUT2D eigenvalue weighted by molar-refractivity contribution is 7.39. The van der Waals surface area contributed by atoms with Gasteiger partial charge >= 0.3 is 8.60 Å². The number of nitrogens with two attached hydrogens (primary N) is 1. The first kappa shape index (κ1) is 26.8. The maximum Gasteiger partial charge on any atom is 0.391 e. The number of carbonyl (C=O) groups is 3. The van der Waals surface area contributed by atoms with Crippen molar-refractivity contribution < 1.29 is 28.7 Å². The number of unbranched alkanes of at least 4 members (excludes halogenated alkanes) is 2. The Kier molecular flexibility index (Phi) is 12.1. The lowest BCUT2D eigenvalue weighted by atomic mass is 9.97. The summed E-state index contributed by atoms with van der Waals surface area (Å²) in [5, 5.41) is 5.44. The van der Waals surface area contributed by atoms with E-state index in [1.807, 2.05) is 20.8 Å². The minimum absolute atomic E-state index is 0.148. The summed E-state index contributed by atoms with van der Waals surface area (Å²) in [6.45, 7) is 5.76. The Morgan fingerprint density at radius 3 is 2.26 bits per heavy atom. The summed E-state index contributed by atoms with van der Waals surface area (Å²) in [4.78, 5) is 55.0. The molecule has 1 rings (SSSR count). The molecular weight excluding hydrogens is 421 g/mol. The number of rotatable bonds is 14. The van der Waals surface area contributed by atoms with E-state index in [4.69, 9.17) is 20.0 Å². The van der Waals surface area contributed by atoms with Gasteiger partial charge < -0.3 is 30.7 Å². The van der Waals surface area contributed by atoms with Gasteiger partial charge in [0.15, 0.2) is 0 Å². The van der Waals surface area contributed by atoms with Crippen molar-refractivity contribution in [3.05, 3.63) is 29.8 Å². The molecule has 0 aliphatic carbocycles. The fraction of sp³-hybridized carbons (Fsp3) is 0.571. The van der Waals surface area contributed by atoms with E-state index in [2.05, 4.69) is 10.6 Å². The molecule has 1 aromatic carbocycles. The van der Waals surface area contributed by atoms with E-state index >= 15 is 0 Å². The molecular formula is C21H34N3O6P. The summed E-state index contributed by atoms with van der Waals surface area (Å²) >= 11 is 0. The molecule has 0 saturated carbocycles. The number of hydrogen-bond acceptors (Lipinski definition) is 6. The van der Waals surface area contributed by atoms with Crippen LogP contribution >= 0.6 is 8.60 Å². The molecule has 3 unspecified atom stereocenters. The third-order valence-electron chi connectivity index (χ3n) is 5.03. The van der Waals surface area contributed by atoms with Crippen LogP contribution in [-0.4, -0.2) is 39.6 Å². The Bertz CT molecular complexity index is 714. The van der Waals surface area contributed by atoms with E-state index in [9.17, 15) is 14.4 Å². The van der Waals surface area contributed by atoms with Gasteiger partial charge in [0, 0.05) is 12.8 Å². The predicted molar refractivity (Wildman–Crippen MR) is 119 cm³/mol. The Morgan fingerprint density at radius 2 is 1.74 bits per heavy atom. The van der Waals surface area contributed by atoms with Gasteiger partial charge in [0.2, 0.25) is 17.7 Å². The van der Waals surface area contributed by atoms with Gasteiger partial charge in [-0.05, 0) is 30.0 Å². The first-order valence-corrected chi connectivity index (χ1v) is 11.7. The molecule has 3 amide bonds. The third-order valence-corrected chi connectivity index (χ3v) is 5.40. The third kappa shape index (κ3) is 10.1. The molecule has 9 nitrogen and oxygen atoms in total. The smallest absolute Gasteiger partial charge is 0.391 e. The molecule has 0 saturated heterocycles. The van der Waals surface area contributed by atoms with Crippen LogP contribution in [0.15, 0.2) is 24.3 Å². The summed E-state index contributed by atoms with van der Waals surface area (Å²) in [6, 6.07) is 4.69. The maximum absolute atomic E-state index is 12.9. The Labute approximate surface area is 184 Å². The highest BCUT2D eigenvalue weighted by Gasteiger charge is 2.28. The quantitative estimate of drug-likeness (QED) is 0.213. The molecule has 0 radical (unpaired) electrons. The van der Waals surface area contributed by atoms with Crippen LogP contribution < -0.4 is 20.9 Å². The predicted octanol–water partition coefficient (Wildman–Crippen LogP) is 1.90. The standard InChI is InChI=1S/C21H34N3O6P/c1-4-6-7-8-18(25)23-17(21(27)24-19(20(22)26)14(3)5-2)13-15-9-11-16(12-10-15)30-31(28)29/h9-12,14,17,19,28-29H,4-8,13H2,1-3H3,(H2,22,26)(H,23,25)(H,24,27). The van der Waals surface area contributed by atoms with E-state index in [0.717, 1.165) is 24.8 Å². The van der Waals surface area contributed by atoms with E-state index in [1.54, 1.807) is 24.3 Å². The average molecular weight is 455 g/mol. The zero-order chi connectivity index (χ0) is 23.4. The monoisotopic (exact) mass is 455 g/mol. The number of primary amides is 1. The van der Waals surface area contributed by atoms with Crippen molar-refractivity contribution in [3.63, 3.8) is 0 Å². The van der Waals surface area contributed by atoms with Crippen molar-refractivity contribution in [2.75, 3.05) is 0 Å². The lowest BCUT2D eigenvalue weighted by Gasteiger charge is -2.25. The molecule has 0 fully saturated rings. The molecule has 0 aliphatic rings. The lowest BCUT2D eigenvalue weighted by molar-refractivity contribution is -0.132. The Hall–Kier alpha value is -2.22. The normalized spacial score (nSPS) is 13.9. The molecule has 0 bridgehead atoms. The van der Waals surface area contributed by atoms with Crippen molar-refractivity contribution in [3.8, 4) is 5.75 Å². The van der Waals surface area contributed by atoms with Crippen LogP contribution in [0.4, 0.5) is 0 Å². The van der Waals surface area contributed by atoms with Crippen molar-refractivity contribution in [2.45, 2.75) is 71.4 Å². The highest BCUT2D eigenvalue weighted by atomic mass is 31.2. The molecule has 0 spiro atoms. The van der Waals surface area contributed by atoms with Gasteiger partial charge in [-0.2, -0.15) is 0 Å². The fourth-order valence-corrected chi connectivity index (χ4v) is 3.32. The average Bonchev–Trinajstić information content (AvgIpc) is 2.71. The summed E-state index contributed by atoms with van der Waals surface area (Å²) in [7, 11) is -2.52. The summed E-state index contributed by atoms with van der Waals surface area (Å²) in [5.41, 5.74) is 6.18. The molecule has 0 aliphatic heterocycles. The zero-order valence-electron chi connectivity index (χ0n) is 18.3. The van der Waals surface area contributed by atoms with E-state index in [1.165, 1.54) is 0 Å². The van der Waals surface area contributed by atoms with Crippen LogP contribution in [0, 0.1) is 5.92 Å². The van der Waals surface area contributed by atoms with Crippen molar-refractivity contribution in [2.24, 2.45) is 11.7 Å². The first-order chi connectivity index (χ1) is 14.7. The maximum atomic E-state index is 12.9. The Morgan fingerprint density at radius 1 is 1.10 bits per heavy atom. The van der Waals surface area contributed by atoms with Crippen LogP contribution in [0.3, 0.4) is 0 Å². The van der Waals surface area contributed by atoms with E-state index in [-0.39, 0.29) is 24.0 Å². The van der Waals surface area contributed by atoms with Crippen LogP contribution in [0.5, 0.6) is 5.75 Å². The van der Waals surface area contributed by atoms with Gasteiger partial charge in [-0.3, -0.25) is 14.4 Å². The molecule has 31 heavy (non-hydrogen) atoms. The van der Waals surface area contributed by atoms with Crippen LogP contribution in [0.2, 0.25) is 0 Å². The minimum atomic E-state index is -2.52. The molecule has 3 atom stereocenters. The van der Waals surface area contributed by atoms with Crippen molar-refractivity contribution >= 4 is 26.3 Å². The number of benzene rings is 1. The van der Waals surface area contributed by atoms with Crippen molar-refractivity contribution in [1.82, 2.24) is 10.6 Å². The second kappa shape index (κ2) is 14.0. The molecule has 6 N–H and O–H groups in total. The first-order valence-electron chi connectivity index (χ1n) is 10.5. The zero-order valence-corrected chi connectivity index (χ0v) is 19.2. The molecule has 10 heteroatoms. The highest BCUT2D eigenvalue weighted by Crippen LogP contribution is 2.28. The van der Waals surface area contributed by atoms with Gasteiger partial charge in [-0.1, -0.05) is 52.2 Å². The second-order valence-electron chi connectivity index (χ2n) is 7.54. The van der Waals surface area contributed by atoms with E-state index in [0.29, 0.717) is 12.8 Å². The molecule has 174 valence electrons. The SMILES string of the molecule is CCCCCC(=O)NC(Cc1ccc(OP(O)O)cc1)C(=O)NC(C(N)=O)C(C)CC. The molecule has 0 heterocycles. The summed E-state index contributed by atoms with van der Waals surface area (Å²) in [5.74, 6) is -1.22. The largest absolute Gasteiger partial charge is 0.427 e. The second-order valence-corrected chi connectivity index (χ2v) is 8.23. The van der Waals surface area contributed by atoms with Crippen molar-refractivity contribution in [1.29, 1.82) is 0 Å². The molecule has 1 aromatic rings. The number of hydrogen-bond donors (Lipinski definition) is 5. The lowest BCUT2D eigenvalue weighted by Crippen LogP contribution is -2.55. The topological polar surface area (TPSA) is 151 Å². The van der Waals surface area contributed by atoms with Crippen LogP contribution in [0.1, 0.15) is 58.4 Å². The van der Waals surface area contributed by atoms with Gasteiger partial charge in [0.1, 0.15) is 17.8 Å². The number of nitrogens with one attached hydrogen (secondary N) is 2. The molecule has 0 aromatic heterocycles. The van der Waals surface area contributed by atoms with Crippen LogP contribution in [-0.2, 0) is 20.8 Å². The number of carbonyl (C=O) groups excluding carboxylic acids is 3. The van der Waals surface area contributed by atoms with Gasteiger partial charge in [-0.15, -0.1) is 0 Å². The number of amides is 3. The fourth-order valence-electron chi connectivity index (χ4n) is 3.01. The summed E-state index contributed by atoms with van der Waals surface area (Å²) < 4.78 is 4.83. The summed E-state index contributed by atoms with van der Waals surface area (Å²) in [6.07, 6.45) is 3.77. The van der Waals surface area contributed by atoms with Crippen LogP contribution in [0.25, 0.3) is 0 Å². The van der Waals surface area contributed by atoms with Gasteiger partial charge in [0.05, 0.1) is 0 Å². The minimum Gasteiger partial charge on any atom is -0.427 e. The van der Waals surface area contributed by atoms with E-state index < -0.39 is 32.5 Å². The van der Waals surface area contributed by atoms with Gasteiger partial charge in [-0.25, -0.2) is 0 Å². The van der Waals surface area contributed by atoms with Gasteiger partial charge in [0.25, 0.3) is 0 Å². The Balaban J connectivity index is 2.95.